The molecule has 3 nitrogen and oxygen atoms in total. The van der Waals surface area contributed by atoms with Crippen LogP contribution in [0.5, 0.6) is 5.75 Å². The van der Waals surface area contributed by atoms with Gasteiger partial charge in [0.15, 0.2) is 0 Å². The molecule has 2 N–H and O–H groups in total. The first-order valence-electron chi connectivity index (χ1n) is 7.73. The van der Waals surface area contributed by atoms with Crippen molar-refractivity contribution in [3.8, 4) is 5.75 Å². The number of hydrogen-bond donors (Lipinski definition) is 1. The molecule has 114 valence electrons. The molecule has 0 aliphatic rings. The molecular formula is C17H30N2O. The van der Waals surface area contributed by atoms with Crippen LogP contribution in [-0.2, 0) is 6.42 Å². The van der Waals surface area contributed by atoms with E-state index in [1.807, 2.05) is 12.1 Å². The van der Waals surface area contributed by atoms with E-state index in [4.69, 9.17) is 10.5 Å². The Labute approximate surface area is 124 Å². The zero-order chi connectivity index (χ0) is 15.0. The minimum absolute atomic E-state index is 0.154. The number of likely N-dealkylation sites (N-methyl/N-ethyl adjacent to an activating group) is 1. The number of methoxy groups -OCH3 is 1. The Morgan fingerprint density at radius 3 is 2.10 bits per heavy atom. The van der Waals surface area contributed by atoms with E-state index in [0.717, 1.165) is 44.6 Å². The second kappa shape index (κ2) is 8.28. The van der Waals surface area contributed by atoms with Crippen LogP contribution in [0.1, 0.15) is 39.2 Å². The molecule has 0 heterocycles. The Kier molecular flexibility index (Phi) is 7.03. The molecule has 0 atom stereocenters. The Hall–Kier alpha value is -1.06. The molecule has 1 rings (SSSR count). The van der Waals surface area contributed by atoms with Crippen molar-refractivity contribution in [3.63, 3.8) is 0 Å². The third-order valence-electron chi connectivity index (χ3n) is 4.58. The van der Waals surface area contributed by atoms with E-state index >= 15 is 0 Å². The van der Waals surface area contributed by atoms with Gasteiger partial charge in [-0.1, -0.05) is 32.9 Å². The summed E-state index contributed by atoms with van der Waals surface area (Å²) in [6.07, 6.45) is 3.27. The summed E-state index contributed by atoms with van der Waals surface area (Å²) in [6, 6.07) is 8.35. The maximum Gasteiger partial charge on any atom is 0.118 e. The van der Waals surface area contributed by atoms with Crippen molar-refractivity contribution in [2.24, 2.45) is 5.73 Å². The molecule has 0 aromatic heterocycles. The fraction of sp³-hybridized carbons (Fsp3) is 0.647. The van der Waals surface area contributed by atoms with Crippen LogP contribution in [0.2, 0.25) is 0 Å². The molecule has 0 aliphatic heterocycles. The quantitative estimate of drug-likeness (QED) is 0.754. The number of nitrogens with zero attached hydrogens (tertiary/aromatic N) is 1. The van der Waals surface area contributed by atoms with Crippen molar-refractivity contribution < 1.29 is 4.74 Å². The van der Waals surface area contributed by atoms with Crippen LogP contribution in [0.15, 0.2) is 24.3 Å². The van der Waals surface area contributed by atoms with Crippen molar-refractivity contribution in [2.75, 3.05) is 26.7 Å². The molecular weight excluding hydrogens is 248 g/mol. The van der Waals surface area contributed by atoms with Crippen molar-refractivity contribution in [2.45, 2.75) is 45.6 Å². The lowest BCUT2D eigenvalue weighted by atomic mass is 9.90. The predicted molar refractivity (Wildman–Crippen MR) is 86.3 cm³/mol. The molecule has 0 radical (unpaired) electrons. The summed E-state index contributed by atoms with van der Waals surface area (Å²) in [7, 11) is 1.70. The molecule has 0 amide bonds. The summed E-state index contributed by atoms with van der Waals surface area (Å²) in [5.41, 5.74) is 7.56. The van der Waals surface area contributed by atoms with Crippen LogP contribution in [0.25, 0.3) is 0 Å². The molecule has 1 aromatic rings. The van der Waals surface area contributed by atoms with Crippen LogP contribution < -0.4 is 10.5 Å². The maximum absolute atomic E-state index is 6.05. The molecule has 0 saturated carbocycles. The highest BCUT2D eigenvalue weighted by Crippen LogP contribution is 2.23. The standard InChI is InChI=1S/C17H30N2O/c1-5-17(6-2,14-18)19(7-3)13-12-15-8-10-16(20-4)11-9-15/h8-11H,5-7,12-14,18H2,1-4H3. The van der Waals surface area contributed by atoms with Crippen LogP contribution in [-0.4, -0.2) is 37.2 Å². The highest BCUT2D eigenvalue weighted by atomic mass is 16.5. The summed E-state index contributed by atoms with van der Waals surface area (Å²) in [4.78, 5) is 2.54. The van der Waals surface area contributed by atoms with E-state index in [2.05, 4.69) is 37.8 Å². The zero-order valence-electron chi connectivity index (χ0n) is 13.5. The fourth-order valence-corrected chi connectivity index (χ4v) is 2.90. The Balaban J connectivity index is 2.68. The summed E-state index contributed by atoms with van der Waals surface area (Å²) in [5, 5.41) is 0. The highest BCUT2D eigenvalue weighted by molar-refractivity contribution is 5.27. The van der Waals surface area contributed by atoms with E-state index in [-0.39, 0.29) is 5.54 Å². The van der Waals surface area contributed by atoms with Gasteiger partial charge >= 0.3 is 0 Å². The minimum atomic E-state index is 0.154. The van der Waals surface area contributed by atoms with E-state index in [1.54, 1.807) is 7.11 Å². The van der Waals surface area contributed by atoms with E-state index in [0.29, 0.717) is 0 Å². The van der Waals surface area contributed by atoms with Gasteiger partial charge in [-0.15, -0.1) is 0 Å². The molecule has 0 fully saturated rings. The number of rotatable bonds is 9. The van der Waals surface area contributed by atoms with Crippen LogP contribution in [0, 0.1) is 0 Å². The molecule has 0 aliphatic carbocycles. The smallest absolute Gasteiger partial charge is 0.118 e. The fourth-order valence-electron chi connectivity index (χ4n) is 2.90. The minimum Gasteiger partial charge on any atom is -0.497 e. The first kappa shape index (κ1) is 17.0. The summed E-state index contributed by atoms with van der Waals surface area (Å²) < 4.78 is 5.20. The average molecular weight is 278 g/mol. The Morgan fingerprint density at radius 1 is 1.10 bits per heavy atom. The average Bonchev–Trinajstić information content (AvgIpc) is 2.52. The second-order valence-electron chi connectivity index (χ2n) is 5.31. The first-order chi connectivity index (χ1) is 9.65. The number of nitrogens with two attached hydrogens (primary N) is 1. The first-order valence-corrected chi connectivity index (χ1v) is 7.73. The third-order valence-corrected chi connectivity index (χ3v) is 4.58. The molecule has 0 bridgehead atoms. The Morgan fingerprint density at radius 2 is 1.70 bits per heavy atom. The van der Waals surface area contributed by atoms with Crippen molar-refractivity contribution in [1.82, 2.24) is 4.90 Å². The number of hydrogen-bond acceptors (Lipinski definition) is 3. The van der Waals surface area contributed by atoms with Gasteiger partial charge in [-0.3, -0.25) is 4.90 Å². The number of ether oxygens (including phenoxy) is 1. The SMILES string of the molecule is CCN(CCc1ccc(OC)cc1)C(CC)(CC)CN. The molecule has 0 spiro atoms. The van der Waals surface area contributed by atoms with Crippen LogP contribution in [0.4, 0.5) is 0 Å². The van der Waals surface area contributed by atoms with Gasteiger partial charge < -0.3 is 10.5 Å². The van der Waals surface area contributed by atoms with Gasteiger partial charge in [-0.05, 0) is 43.5 Å². The molecule has 3 heteroatoms. The summed E-state index contributed by atoms with van der Waals surface area (Å²) in [5.74, 6) is 0.916. The normalized spacial score (nSPS) is 11.9. The third kappa shape index (κ3) is 3.97. The van der Waals surface area contributed by atoms with Gasteiger partial charge in [-0.25, -0.2) is 0 Å². The largest absolute Gasteiger partial charge is 0.497 e. The summed E-state index contributed by atoms with van der Waals surface area (Å²) >= 11 is 0. The van der Waals surface area contributed by atoms with Gasteiger partial charge in [0.25, 0.3) is 0 Å². The van der Waals surface area contributed by atoms with Crippen molar-refractivity contribution >= 4 is 0 Å². The molecule has 1 aromatic carbocycles. The number of benzene rings is 1. The summed E-state index contributed by atoms with van der Waals surface area (Å²) in [6.45, 7) is 9.55. The van der Waals surface area contributed by atoms with Gasteiger partial charge in [0.05, 0.1) is 7.11 Å². The maximum atomic E-state index is 6.05. The monoisotopic (exact) mass is 278 g/mol. The Bertz CT molecular complexity index is 363. The van der Waals surface area contributed by atoms with Crippen molar-refractivity contribution in [3.05, 3.63) is 29.8 Å². The van der Waals surface area contributed by atoms with Gasteiger partial charge in [-0.2, -0.15) is 0 Å². The molecule has 20 heavy (non-hydrogen) atoms. The van der Waals surface area contributed by atoms with E-state index < -0.39 is 0 Å². The predicted octanol–water partition coefficient (Wildman–Crippen LogP) is 3.08. The molecule has 0 unspecified atom stereocenters. The lowest BCUT2D eigenvalue weighted by molar-refractivity contribution is 0.0921. The van der Waals surface area contributed by atoms with E-state index in [9.17, 15) is 0 Å². The van der Waals surface area contributed by atoms with Gasteiger partial charge in [0, 0.05) is 18.6 Å². The second-order valence-corrected chi connectivity index (χ2v) is 5.31. The lowest BCUT2D eigenvalue weighted by Gasteiger charge is -2.42. The van der Waals surface area contributed by atoms with E-state index in [1.165, 1.54) is 5.56 Å². The molecule has 0 saturated heterocycles. The van der Waals surface area contributed by atoms with Gasteiger partial charge in [0.2, 0.25) is 0 Å². The van der Waals surface area contributed by atoms with Crippen LogP contribution >= 0.6 is 0 Å². The zero-order valence-corrected chi connectivity index (χ0v) is 13.5. The van der Waals surface area contributed by atoms with Gasteiger partial charge in [0.1, 0.15) is 5.75 Å². The topological polar surface area (TPSA) is 38.5 Å². The lowest BCUT2D eigenvalue weighted by Crippen LogP contribution is -2.53. The highest BCUT2D eigenvalue weighted by Gasteiger charge is 2.30. The van der Waals surface area contributed by atoms with Crippen molar-refractivity contribution in [1.29, 1.82) is 0 Å². The van der Waals surface area contributed by atoms with Crippen LogP contribution in [0.3, 0.4) is 0 Å².